The van der Waals surface area contributed by atoms with Crippen molar-refractivity contribution in [2.45, 2.75) is 32.7 Å². The quantitative estimate of drug-likeness (QED) is 0.541. The molecule has 0 aliphatic carbocycles. The van der Waals surface area contributed by atoms with Crippen LogP contribution >= 0.6 is 0 Å². The van der Waals surface area contributed by atoms with Crippen molar-refractivity contribution in [2.75, 3.05) is 19.8 Å². The van der Waals surface area contributed by atoms with Gasteiger partial charge < -0.3 is 20.3 Å². The summed E-state index contributed by atoms with van der Waals surface area (Å²) >= 11 is 0. The van der Waals surface area contributed by atoms with Gasteiger partial charge in [-0.1, -0.05) is 0 Å². The molecule has 4 nitrogen and oxygen atoms in total. The van der Waals surface area contributed by atoms with Gasteiger partial charge in [-0.05, 0) is 26.8 Å². The molecule has 0 aromatic rings. The van der Waals surface area contributed by atoms with E-state index in [4.69, 9.17) is 15.2 Å². The molecule has 0 saturated carbocycles. The maximum absolute atomic E-state index is 9.44. The summed E-state index contributed by atoms with van der Waals surface area (Å²) in [4.78, 5) is 0. The fourth-order valence-electron chi connectivity index (χ4n) is 0.906. The van der Waals surface area contributed by atoms with E-state index in [-0.39, 0.29) is 0 Å². The normalized spacial score (nSPS) is 13.8. The Bertz CT molecular complexity index is 94.3. The molecule has 12 heavy (non-hydrogen) atoms. The summed E-state index contributed by atoms with van der Waals surface area (Å²) in [5.74, 6) is 0. The lowest BCUT2D eigenvalue weighted by Gasteiger charge is -2.21. The van der Waals surface area contributed by atoms with Crippen molar-refractivity contribution in [2.24, 2.45) is 5.73 Å². The maximum Gasteiger partial charge on any atom is 0.183 e. The van der Waals surface area contributed by atoms with E-state index < -0.39 is 12.4 Å². The van der Waals surface area contributed by atoms with Gasteiger partial charge in [-0.2, -0.15) is 0 Å². The fourth-order valence-corrected chi connectivity index (χ4v) is 0.906. The van der Waals surface area contributed by atoms with Crippen molar-refractivity contribution in [3.8, 4) is 0 Å². The molecule has 3 N–H and O–H groups in total. The minimum Gasteiger partial charge on any atom is -0.388 e. The van der Waals surface area contributed by atoms with Gasteiger partial charge in [0.1, 0.15) is 6.10 Å². The molecule has 0 unspecified atom stereocenters. The highest BCUT2D eigenvalue weighted by molar-refractivity contribution is 4.60. The van der Waals surface area contributed by atoms with Crippen molar-refractivity contribution in [3.63, 3.8) is 0 Å². The lowest BCUT2D eigenvalue weighted by Crippen LogP contribution is -2.33. The first kappa shape index (κ1) is 11.8. The minimum atomic E-state index is -0.616. The Labute approximate surface area is 73.7 Å². The number of rotatable bonds is 7. The van der Waals surface area contributed by atoms with Crippen LogP contribution in [0.4, 0.5) is 0 Å². The van der Waals surface area contributed by atoms with Crippen LogP contribution in [0.25, 0.3) is 0 Å². The molecule has 0 rings (SSSR count). The van der Waals surface area contributed by atoms with Gasteiger partial charge in [0.25, 0.3) is 0 Å². The zero-order valence-electron chi connectivity index (χ0n) is 7.82. The van der Waals surface area contributed by atoms with Gasteiger partial charge in [-0.15, -0.1) is 0 Å². The molecule has 0 radical (unpaired) electrons. The summed E-state index contributed by atoms with van der Waals surface area (Å²) in [5, 5.41) is 9.44. The molecule has 4 heteroatoms. The van der Waals surface area contributed by atoms with Gasteiger partial charge in [0.05, 0.1) is 0 Å². The maximum atomic E-state index is 9.44. The van der Waals surface area contributed by atoms with Gasteiger partial charge in [0.15, 0.2) is 6.29 Å². The van der Waals surface area contributed by atoms with Gasteiger partial charge >= 0.3 is 0 Å². The third-order valence-electron chi connectivity index (χ3n) is 1.44. The van der Waals surface area contributed by atoms with Crippen LogP contribution in [0.1, 0.15) is 20.3 Å². The Balaban J connectivity index is 3.72. The molecule has 0 saturated heterocycles. The molecule has 74 valence electrons. The zero-order chi connectivity index (χ0) is 9.40. The lowest BCUT2D eigenvalue weighted by atomic mass is 10.2. The SMILES string of the molecule is CCOC(OCC)[C@@H](O)CCN. The number of aliphatic hydroxyl groups is 1. The first-order valence-electron chi connectivity index (χ1n) is 4.37. The Morgan fingerprint density at radius 2 is 1.75 bits per heavy atom. The second-order valence-electron chi connectivity index (χ2n) is 2.42. The third-order valence-corrected chi connectivity index (χ3v) is 1.44. The highest BCUT2D eigenvalue weighted by Crippen LogP contribution is 2.04. The number of hydrogen-bond acceptors (Lipinski definition) is 4. The van der Waals surface area contributed by atoms with Gasteiger partial charge in [0.2, 0.25) is 0 Å². The van der Waals surface area contributed by atoms with E-state index in [0.29, 0.717) is 26.2 Å². The van der Waals surface area contributed by atoms with E-state index in [1.807, 2.05) is 13.8 Å². The fraction of sp³-hybridized carbons (Fsp3) is 1.00. The number of aliphatic hydroxyl groups excluding tert-OH is 1. The van der Waals surface area contributed by atoms with Crippen LogP contribution in [-0.4, -0.2) is 37.3 Å². The first-order valence-corrected chi connectivity index (χ1v) is 4.37. The number of ether oxygens (including phenoxy) is 2. The standard InChI is InChI=1S/C8H19NO3/c1-3-11-8(12-4-2)7(10)5-6-9/h7-8,10H,3-6,9H2,1-2H3/t7-/m0/s1. The summed E-state index contributed by atoms with van der Waals surface area (Å²) in [6, 6.07) is 0. The molecule has 1 atom stereocenters. The molecule has 0 spiro atoms. The van der Waals surface area contributed by atoms with Crippen molar-refractivity contribution >= 4 is 0 Å². The lowest BCUT2D eigenvalue weighted by molar-refractivity contribution is -0.190. The topological polar surface area (TPSA) is 64.7 Å². The van der Waals surface area contributed by atoms with E-state index in [9.17, 15) is 5.11 Å². The van der Waals surface area contributed by atoms with Crippen molar-refractivity contribution in [1.82, 2.24) is 0 Å². The Morgan fingerprint density at radius 3 is 2.08 bits per heavy atom. The van der Waals surface area contributed by atoms with Gasteiger partial charge in [-0.25, -0.2) is 0 Å². The van der Waals surface area contributed by atoms with Crippen molar-refractivity contribution < 1.29 is 14.6 Å². The van der Waals surface area contributed by atoms with E-state index in [1.165, 1.54) is 0 Å². The van der Waals surface area contributed by atoms with Crippen LogP contribution in [0, 0.1) is 0 Å². The molecule has 0 amide bonds. The zero-order valence-corrected chi connectivity index (χ0v) is 7.82. The second-order valence-corrected chi connectivity index (χ2v) is 2.42. The van der Waals surface area contributed by atoms with E-state index in [0.717, 1.165) is 0 Å². The van der Waals surface area contributed by atoms with E-state index in [1.54, 1.807) is 0 Å². The van der Waals surface area contributed by atoms with Crippen LogP contribution in [0.15, 0.2) is 0 Å². The summed E-state index contributed by atoms with van der Waals surface area (Å²) in [6.45, 7) is 5.23. The monoisotopic (exact) mass is 177 g/mol. The predicted molar refractivity (Wildman–Crippen MR) is 46.7 cm³/mol. The molecule has 0 fully saturated rings. The molecule has 0 heterocycles. The average Bonchev–Trinajstić information content (AvgIpc) is 2.04. The largest absolute Gasteiger partial charge is 0.388 e. The Hall–Kier alpha value is -0.160. The van der Waals surface area contributed by atoms with Gasteiger partial charge in [0, 0.05) is 13.2 Å². The van der Waals surface area contributed by atoms with E-state index >= 15 is 0 Å². The van der Waals surface area contributed by atoms with E-state index in [2.05, 4.69) is 0 Å². The van der Waals surface area contributed by atoms with Crippen molar-refractivity contribution in [1.29, 1.82) is 0 Å². The summed E-state index contributed by atoms with van der Waals surface area (Å²) in [6.07, 6.45) is -0.636. The second kappa shape index (κ2) is 7.49. The molecule has 0 aromatic heterocycles. The van der Waals surface area contributed by atoms with Crippen molar-refractivity contribution in [3.05, 3.63) is 0 Å². The van der Waals surface area contributed by atoms with Gasteiger partial charge in [-0.3, -0.25) is 0 Å². The highest BCUT2D eigenvalue weighted by atomic mass is 16.7. The molecule has 0 aromatic carbocycles. The summed E-state index contributed by atoms with van der Waals surface area (Å²) in [5.41, 5.74) is 5.29. The van der Waals surface area contributed by atoms with Crippen LogP contribution in [0.5, 0.6) is 0 Å². The third kappa shape index (κ3) is 4.66. The smallest absolute Gasteiger partial charge is 0.183 e. The number of hydrogen-bond donors (Lipinski definition) is 2. The molecule has 0 bridgehead atoms. The predicted octanol–water partition coefficient (Wildman–Crippen LogP) is 0.0952. The number of nitrogens with two attached hydrogens (primary N) is 1. The van der Waals surface area contributed by atoms with Crippen LogP contribution in [-0.2, 0) is 9.47 Å². The molecular formula is C8H19NO3. The molecular weight excluding hydrogens is 158 g/mol. The molecule has 0 aliphatic heterocycles. The van der Waals surface area contributed by atoms with Crippen LogP contribution in [0.2, 0.25) is 0 Å². The van der Waals surface area contributed by atoms with Crippen LogP contribution in [0.3, 0.4) is 0 Å². The highest BCUT2D eigenvalue weighted by Gasteiger charge is 2.18. The Kier molecular flexibility index (Phi) is 7.39. The average molecular weight is 177 g/mol. The van der Waals surface area contributed by atoms with Crippen LogP contribution < -0.4 is 5.73 Å². The summed E-state index contributed by atoms with van der Waals surface area (Å²) in [7, 11) is 0. The first-order chi connectivity index (χ1) is 5.76. The summed E-state index contributed by atoms with van der Waals surface area (Å²) < 4.78 is 10.3. The Morgan fingerprint density at radius 1 is 1.25 bits per heavy atom. The minimum absolute atomic E-state index is 0.442. The molecule has 0 aliphatic rings.